The van der Waals surface area contributed by atoms with Crippen molar-refractivity contribution in [3.8, 4) is 17.2 Å². The quantitative estimate of drug-likeness (QED) is 0.270. The maximum Gasteiger partial charge on any atom is 0.416 e. The summed E-state index contributed by atoms with van der Waals surface area (Å²) in [7, 11) is 0. The Morgan fingerprint density at radius 3 is 2.43 bits per heavy atom. The van der Waals surface area contributed by atoms with Crippen LogP contribution in [0.15, 0.2) is 71.6 Å². The zero-order valence-electron chi connectivity index (χ0n) is 19.5. The Morgan fingerprint density at radius 1 is 1.03 bits per heavy atom. The number of carboxylic acid groups (broad SMARTS) is 1. The molecule has 0 bridgehead atoms. The monoisotopic (exact) mass is 504 g/mol. The molecule has 8 heteroatoms. The number of ether oxygens (including phenoxy) is 2. The number of benzene rings is 3. The molecule has 0 aromatic heterocycles. The highest BCUT2D eigenvalue weighted by molar-refractivity contribution is 7.99. The lowest BCUT2D eigenvalue weighted by Crippen LogP contribution is -2.08. The molecule has 4 nitrogen and oxygen atoms in total. The van der Waals surface area contributed by atoms with Gasteiger partial charge in [0.2, 0.25) is 0 Å². The molecule has 0 saturated carbocycles. The van der Waals surface area contributed by atoms with Crippen molar-refractivity contribution in [3.05, 3.63) is 83.4 Å². The highest BCUT2D eigenvalue weighted by Crippen LogP contribution is 2.38. The molecular formula is C27H27F3O4S. The summed E-state index contributed by atoms with van der Waals surface area (Å²) < 4.78 is 51.1. The second-order valence-electron chi connectivity index (χ2n) is 8.12. The number of carbonyl (C=O) groups is 1. The molecule has 3 rings (SSSR count). The standard InChI is InChI=1S/C27H27F3O4S/c1-18-16-23(11-8-20(18)9-13-26(31)32)35-19(2)14-15-33-24-12-10-21(27(28,29)30)17-25(24)34-22-6-4-3-5-7-22/h3-8,10-12,16-17,19H,9,13-15H2,1-2H3,(H,31,32). The summed E-state index contributed by atoms with van der Waals surface area (Å²) in [6.45, 7) is 4.32. The molecule has 0 radical (unpaired) electrons. The molecule has 0 aliphatic heterocycles. The van der Waals surface area contributed by atoms with Crippen LogP contribution in [0.2, 0.25) is 0 Å². The smallest absolute Gasteiger partial charge is 0.416 e. The number of hydrogen-bond donors (Lipinski definition) is 1. The van der Waals surface area contributed by atoms with Gasteiger partial charge in [0.1, 0.15) is 5.75 Å². The Labute approximate surface area is 207 Å². The van der Waals surface area contributed by atoms with Crippen molar-refractivity contribution < 1.29 is 32.5 Å². The molecule has 1 N–H and O–H groups in total. The second kappa shape index (κ2) is 12.0. The molecule has 35 heavy (non-hydrogen) atoms. The Balaban J connectivity index is 1.60. The molecule has 0 aliphatic rings. The Morgan fingerprint density at radius 2 is 1.77 bits per heavy atom. The third kappa shape index (κ3) is 8.24. The average molecular weight is 505 g/mol. The fourth-order valence-electron chi connectivity index (χ4n) is 3.39. The second-order valence-corrected chi connectivity index (χ2v) is 9.63. The molecule has 0 amide bonds. The topological polar surface area (TPSA) is 55.8 Å². The van der Waals surface area contributed by atoms with Crippen LogP contribution in [0, 0.1) is 6.92 Å². The summed E-state index contributed by atoms with van der Waals surface area (Å²) in [5.41, 5.74) is 1.26. The van der Waals surface area contributed by atoms with E-state index in [0.717, 1.165) is 28.2 Å². The van der Waals surface area contributed by atoms with E-state index < -0.39 is 17.7 Å². The first-order valence-corrected chi connectivity index (χ1v) is 12.0. The molecule has 3 aromatic rings. The largest absolute Gasteiger partial charge is 0.490 e. The zero-order chi connectivity index (χ0) is 25.4. The molecule has 0 heterocycles. The lowest BCUT2D eigenvalue weighted by atomic mass is 10.0. The molecule has 0 spiro atoms. The highest BCUT2D eigenvalue weighted by Gasteiger charge is 2.31. The Hall–Kier alpha value is -3.13. The van der Waals surface area contributed by atoms with Crippen LogP contribution in [0.5, 0.6) is 17.2 Å². The van der Waals surface area contributed by atoms with Gasteiger partial charge in [-0.2, -0.15) is 13.2 Å². The highest BCUT2D eigenvalue weighted by atomic mass is 32.2. The van der Waals surface area contributed by atoms with Gasteiger partial charge in [-0.15, -0.1) is 11.8 Å². The number of para-hydroxylation sites is 1. The van der Waals surface area contributed by atoms with Gasteiger partial charge in [0.25, 0.3) is 0 Å². The van der Waals surface area contributed by atoms with E-state index in [0.29, 0.717) is 25.2 Å². The number of alkyl halides is 3. The minimum atomic E-state index is -4.49. The summed E-state index contributed by atoms with van der Waals surface area (Å²) >= 11 is 1.66. The maximum atomic E-state index is 13.2. The van der Waals surface area contributed by atoms with Crippen molar-refractivity contribution in [3.63, 3.8) is 0 Å². The van der Waals surface area contributed by atoms with Crippen molar-refractivity contribution >= 4 is 17.7 Å². The SMILES string of the molecule is Cc1cc(SC(C)CCOc2ccc(C(F)(F)F)cc2Oc2ccccc2)ccc1CCC(=O)O. The van der Waals surface area contributed by atoms with E-state index in [2.05, 4.69) is 6.92 Å². The molecule has 0 fully saturated rings. The number of aryl methyl sites for hydroxylation is 2. The van der Waals surface area contributed by atoms with E-state index in [-0.39, 0.29) is 23.2 Å². The summed E-state index contributed by atoms with van der Waals surface area (Å²) in [5, 5.41) is 9.06. The molecule has 1 unspecified atom stereocenters. The summed E-state index contributed by atoms with van der Waals surface area (Å²) in [4.78, 5) is 11.9. The van der Waals surface area contributed by atoms with Gasteiger partial charge in [0.05, 0.1) is 12.2 Å². The normalized spacial score (nSPS) is 12.3. The van der Waals surface area contributed by atoms with Crippen LogP contribution in [0.1, 0.15) is 36.5 Å². The van der Waals surface area contributed by atoms with Crippen LogP contribution in [-0.2, 0) is 17.4 Å². The fourth-order valence-corrected chi connectivity index (χ4v) is 4.46. The number of rotatable bonds is 11. The summed E-state index contributed by atoms with van der Waals surface area (Å²) in [6, 6.07) is 17.8. The first-order valence-electron chi connectivity index (χ1n) is 11.2. The first kappa shape index (κ1) is 26.5. The fraction of sp³-hybridized carbons (Fsp3) is 0.296. The predicted octanol–water partition coefficient (Wildman–Crippen LogP) is 7.77. The van der Waals surface area contributed by atoms with Crippen LogP contribution >= 0.6 is 11.8 Å². The van der Waals surface area contributed by atoms with Crippen LogP contribution in [0.4, 0.5) is 13.2 Å². The maximum absolute atomic E-state index is 13.2. The summed E-state index contributed by atoms with van der Waals surface area (Å²) in [6.07, 6.45) is -3.23. The Kier molecular flexibility index (Phi) is 9.09. The number of hydrogen-bond acceptors (Lipinski definition) is 4. The van der Waals surface area contributed by atoms with Gasteiger partial charge in [-0.1, -0.05) is 31.2 Å². The summed E-state index contributed by atoms with van der Waals surface area (Å²) in [5.74, 6) is -0.138. The number of halogens is 3. The Bertz CT molecular complexity index is 1130. The van der Waals surface area contributed by atoms with Crippen molar-refractivity contribution in [1.82, 2.24) is 0 Å². The molecule has 3 aromatic carbocycles. The number of carboxylic acids is 1. The van der Waals surface area contributed by atoms with Crippen molar-refractivity contribution in [1.29, 1.82) is 0 Å². The van der Waals surface area contributed by atoms with Gasteiger partial charge in [-0.3, -0.25) is 4.79 Å². The van der Waals surface area contributed by atoms with E-state index in [1.54, 1.807) is 42.1 Å². The van der Waals surface area contributed by atoms with Gasteiger partial charge >= 0.3 is 12.1 Å². The van der Waals surface area contributed by atoms with Gasteiger partial charge in [0.15, 0.2) is 11.5 Å². The molecular weight excluding hydrogens is 477 g/mol. The van der Waals surface area contributed by atoms with Gasteiger partial charge in [0, 0.05) is 16.6 Å². The predicted molar refractivity (Wildman–Crippen MR) is 131 cm³/mol. The van der Waals surface area contributed by atoms with Crippen LogP contribution in [-0.4, -0.2) is 22.9 Å². The van der Waals surface area contributed by atoms with E-state index >= 15 is 0 Å². The van der Waals surface area contributed by atoms with Crippen LogP contribution in [0.25, 0.3) is 0 Å². The van der Waals surface area contributed by atoms with Crippen LogP contribution in [0.3, 0.4) is 0 Å². The van der Waals surface area contributed by atoms with E-state index in [4.69, 9.17) is 14.6 Å². The first-order chi connectivity index (χ1) is 16.6. The number of thioether (sulfide) groups is 1. The van der Waals surface area contributed by atoms with Gasteiger partial charge in [-0.05, 0) is 73.4 Å². The zero-order valence-corrected chi connectivity index (χ0v) is 20.3. The van der Waals surface area contributed by atoms with Gasteiger partial charge < -0.3 is 14.6 Å². The average Bonchev–Trinajstić information content (AvgIpc) is 2.79. The van der Waals surface area contributed by atoms with Crippen LogP contribution < -0.4 is 9.47 Å². The van der Waals surface area contributed by atoms with Crippen molar-refractivity contribution in [2.24, 2.45) is 0 Å². The molecule has 186 valence electrons. The third-order valence-corrected chi connectivity index (χ3v) is 6.45. The van der Waals surface area contributed by atoms with Crippen molar-refractivity contribution in [2.75, 3.05) is 6.61 Å². The lowest BCUT2D eigenvalue weighted by molar-refractivity contribution is -0.138. The third-order valence-electron chi connectivity index (χ3n) is 5.28. The molecule has 0 saturated heterocycles. The van der Waals surface area contributed by atoms with Crippen molar-refractivity contribution in [2.45, 2.75) is 49.4 Å². The van der Waals surface area contributed by atoms with Gasteiger partial charge in [-0.25, -0.2) is 0 Å². The van der Waals surface area contributed by atoms with E-state index in [1.807, 2.05) is 25.1 Å². The molecule has 0 aliphatic carbocycles. The minimum absolute atomic E-state index is 0.0129. The minimum Gasteiger partial charge on any atom is -0.490 e. The van der Waals surface area contributed by atoms with E-state index in [9.17, 15) is 18.0 Å². The lowest BCUT2D eigenvalue weighted by Gasteiger charge is -2.17. The van der Waals surface area contributed by atoms with E-state index in [1.165, 1.54) is 6.07 Å². The molecule has 1 atom stereocenters. The number of aliphatic carboxylic acids is 1.